The van der Waals surface area contributed by atoms with E-state index in [-0.39, 0.29) is 36.6 Å². The van der Waals surface area contributed by atoms with Crippen LogP contribution in [-0.2, 0) is 17.8 Å². The molecule has 1 fully saturated rings. The first-order valence-corrected chi connectivity index (χ1v) is 7.75. The van der Waals surface area contributed by atoms with Crippen LogP contribution in [0, 0.1) is 5.92 Å². The standard InChI is InChI=1S/C16H21N5O.2ClH/c22-16(14-2-1-7-18-12-14)19-15-6-11-21(20-15)10-5-13-3-8-17-9-4-13;;/h3-4,6,8-9,11,14,18H,1-2,5,7,10,12H2,(H,19,20,22);2*1H. The van der Waals surface area contributed by atoms with Gasteiger partial charge in [-0.2, -0.15) is 5.10 Å². The summed E-state index contributed by atoms with van der Waals surface area (Å²) in [4.78, 5) is 16.2. The lowest BCUT2D eigenvalue weighted by atomic mass is 9.99. The fourth-order valence-corrected chi connectivity index (χ4v) is 2.65. The molecule has 1 saturated heterocycles. The second-order valence-electron chi connectivity index (χ2n) is 5.60. The fraction of sp³-hybridized carbons (Fsp3) is 0.438. The van der Waals surface area contributed by atoms with Gasteiger partial charge in [0.25, 0.3) is 0 Å². The van der Waals surface area contributed by atoms with Gasteiger partial charge in [-0.3, -0.25) is 14.5 Å². The van der Waals surface area contributed by atoms with Crippen LogP contribution in [0.5, 0.6) is 0 Å². The molecular formula is C16H23Cl2N5O. The second kappa shape index (κ2) is 10.3. The molecule has 24 heavy (non-hydrogen) atoms. The number of hydrogen-bond donors (Lipinski definition) is 2. The van der Waals surface area contributed by atoms with Gasteiger partial charge in [-0.1, -0.05) is 0 Å². The molecule has 0 radical (unpaired) electrons. The van der Waals surface area contributed by atoms with Crippen molar-refractivity contribution in [2.45, 2.75) is 25.8 Å². The minimum atomic E-state index is 0. The molecule has 0 aromatic carbocycles. The van der Waals surface area contributed by atoms with Crippen molar-refractivity contribution < 1.29 is 4.79 Å². The number of anilines is 1. The number of halogens is 2. The molecule has 2 aromatic heterocycles. The summed E-state index contributed by atoms with van der Waals surface area (Å²) >= 11 is 0. The molecule has 0 spiro atoms. The lowest BCUT2D eigenvalue weighted by Gasteiger charge is -2.21. The molecule has 0 bridgehead atoms. The Kier molecular flexibility index (Phi) is 8.74. The van der Waals surface area contributed by atoms with Gasteiger partial charge in [0.1, 0.15) is 0 Å². The van der Waals surface area contributed by atoms with E-state index < -0.39 is 0 Å². The van der Waals surface area contributed by atoms with E-state index in [9.17, 15) is 4.79 Å². The van der Waals surface area contributed by atoms with Gasteiger partial charge < -0.3 is 10.6 Å². The molecule has 0 saturated carbocycles. The summed E-state index contributed by atoms with van der Waals surface area (Å²) in [5.41, 5.74) is 1.23. The molecule has 1 aliphatic heterocycles. The molecule has 6 nitrogen and oxygen atoms in total. The third-order valence-corrected chi connectivity index (χ3v) is 3.94. The van der Waals surface area contributed by atoms with E-state index in [1.54, 1.807) is 12.4 Å². The van der Waals surface area contributed by atoms with Gasteiger partial charge in [-0.05, 0) is 43.5 Å². The van der Waals surface area contributed by atoms with Crippen molar-refractivity contribution in [2.24, 2.45) is 5.92 Å². The highest BCUT2D eigenvalue weighted by Gasteiger charge is 2.21. The summed E-state index contributed by atoms with van der Waals surface area (Å²) in [5, 5.41) is 10.6. The Labute approximate surface area is 154 Å². The molecule has 0 aliphatic carbocycles. The second-order valence-corrected chi connectivity index (χ2v) is 5.60. The van der Waals surface area contributed by atoms with Crippen LogP contribution < -0.4 is 10.6 Å². The number of nitrogens with zero attached hydrogens (tertiary/aromatic N) is 3. The highest BCUT2D eigenvalue weighted by Crippen LogP contribution is 2.13. The minimum absolute atomic E-state index is 0. The molecule has 1 amide bonds. The van der Waals surface area contributed by atoms with E-state index in [1.165, 1.54) is 5.56 Å². The van der Waals surface area contributed by atoms with Crippen molar-refractivity contribution in [2.75, 3.05) is 18.4 Å². The van der Waals surface area contributed by atoms with Crippen LogP contribution in [0.2, 0.25) is 0 Å². The van der Waals surface area contributed by atoms with Gasteiger partial charge in [0.15, 0.2) is 5.82 Å². The maximum atomic E-state index is 12.1. The van der Waals surface area contributed by atoms with Crippen LogP contribution in [0.15, 0.2) is 36.8 Å². The zero-order valence-electron chi connectivity index (χ0n) is 13.4. The summed E-state index contributed by atoms with van der Waals surface area (Å²) in [5.74, 6) is 0.743. The van der Waals surface area contributed by atoms with Gasteiger partial charge in [-0.15, -0.1) is 24.8 Å². The monoisotopic (exact) mass is 371 g/mol. The topological polar surface area (TPSA) is 71.8 Å². The van der Waals surface area contributed by atoms with E-state index in [1.807, 2.05) is 29.1 Å². The van der Waals surface area contributed by atoms with Crippen LogP contribution in [0.3, 0.4) is 0 Å². The molecule has 132 valence electrons. The Morgan fingerprint density at radius 2 is 2.08 bits per heavy atom. The van der Waals surface area contributed by atoms with Gasteiger partial charge in [0.05, 0.1) is 5.92 Å². The highest BCUT2D eigenvalue weighted by molar-refractivity contribution is 5.91. The molecule has 3 rings (SSSR count). The SMILES string of the molecule is Cl.Cl.O=C(Nc1ccn(CCc2ccncc2)n1)C1CCCNC1. The van der Waals surface area contributed by atoms with Gasteiger partial charge >= 0.3 is 0 Å². The average molecular weight is 372 g/mol. The maximum absolute atomic E-state index is 12.1. The van der Waals surface area contributed by atoms with Crippen molar-refractivity contribution in [3.63, 3.8) is 0 Å². The number of aromatic nitrogens is 3. The molecule has 1 atom stereocenters. The van der Waals surface area contributed by atoms with E-state index in [0.29, 0.717) is 5.82 Å². The van der Waals surface area contributed by atoms with E-state index >= 15 is 0 Å². The van der Waals surface area contributed by atoms with Crippen LogP contribution in [-0.4, -0.2) is 33.8 Å². The van der Waals surface area contributed by atoms with Crippen molar-refractivity contribution in [1.29, 1.82) is 0 Å². The van der Waals surface area contributed by atoms with Crippen molar-refractivity contribution >= 4 is 36.5 Å². The summed E-state index contributed by atoms with van der Waals surface area (Å²) < 4.78 is 1.86. The molecule has 1 unspecified atom stereocenters. The predicted octanol–water partition coefficient (Wildman–Crippen LogP) is 2.30. The Morgan fingerprint density at radius 3 is 2.79 bits per heavy atom. The van der Waals surface area contributed by atoms with Crippen molar-refractivity contribution in [3.8, 4) is 0 Å². The van der Waals surface area contributed by atoms with Gasteiger partial charge in [-0.25, -0.2) is 0 Å². The first-order valence-electron chi connectivity index (χ1n) is 7.75. The Hall–Kier alpha value is -1.63. The summed E-state index contributed by atoms with van der Waals surface area (Å²) in [7, 11) is 0. The first-order chi connectivity index (χ1) is 10.8. The van der Waals surface area contributed by atoms with Crippen LogP contribution in [0.4, 0.5) is 5.82 Å². The molecule has 8 heteroatoms. The third kappa shape index (κ3) is 5.78. The number of pyridine rings is 1. The number of piperidine rings is 1. The number of nitrogens with one attached hydrogen (secondary N) is 2. The number of rotatable bonds is 5. The lowest BCUT2D eigenvalue weighted by Crippen LogP contribution is -2.37. The molecule has 2 aromatic rings. The largest absolute Gasteiger partial charge is 0.316 e. The number of aryl methyl sites for hydroxylation is 2. The highest BCUT2D eigenvalue weighted by atomic mass is 35.5. The molecule has 2 N–H and O–H groups in total. The maximum Gasteiger partial charge on any atom is 0.229 e. The number of carbonyl (C=O) groups excluding carboxylic acids is 1. The van der Waals surface area contributed by atoms with Crippen molar-refractivity contribution in [3.05, 3.63) is 42.4 Å². The Bertz CT molecular complexity index is 614. The predicted molar refractivity (Wildman–Crippen MR) is 98.9 cm³/mol. The van der Waals surface area contributed by atoms with Crippen molar-refractivity contribution in [1.82, 2.24) is 20.1 Å². The van der Waals surface area contributed by atoms with Crippen LogP contribution >= 0.6 is 24.8 Å². The molecule has 1 aliphatic rings. The fourth-order valence-electron chi connectivity index (χ4n) is 2.65. The van der Waals surface area contributed by atoms with E-state index in [0.717, 1.165) is 38.9 Å². The normalized spacial score (nSPS) is 16.6. The van der Waals surface area contributed by atoms with Crippen LogP contribution in [0.1, 0.15) is 18.4 Å². The quantitative estimate of drug-likeness (QED) is 0.845. The lowest BCUT2D eigenvalue weighted by molar-refractivity contribution is -0.120. The first kappa shape index (κ1) is 20.4. The smallest absolute Gasteiger partial charge is 0.229 e. The van der Waals surface area contributed by atoms with E-state index in [4.69, 9.17) is 0 Å². The van der Waals surface area contributed by atoms with Crippen LogP contribution in [0.25, 0.3) is 0 Å². The zero-order valence-corrected chi connectivity index (χ0v) is 15.0. The van der Waals surface area contributed by atoms with E-state index in [2.05, 4.69) is 20.7 Å². The minimum Gasteiger partial charge on any atom is -0.316 e. The van der Waals surface area contributed by atoms with Gasteiger partial charge in [0.2, 0.25) is 5.91 Å². The molecular weight excluding hydrogens is 349 g/mol. The summed E-state index contributed by atoms with van der Waals surface area (Å²) in [6, 6.07) is 5.85. The third-order valence-electron chi connectivity index (χ3n) is 3.94. The average Bonchev–Trinajstić information content (AvgIpc) is 3.02. The number of carbonyl (C=O) groups is 1. The Balaban J connectivity index is 0.00000144. The number of hydrogen-bond acceptors (Lipinski definition) is 4. The summed E-state index contributed by atoms with van der Waals surface area (Å²) in [6.45, 7) is 2.55. The zero-order chi connectivity index (χ0) is 15.2. The summed E-state index contributed by atoms with van der Waals surface area (Å²) in [6.07, 6.45) is 8.38. The van der Waals surface area contributed by atoms with Gasteiger partial charge in [0, 0.05) is 37.7 Å². The molecule has 3 heterocycles. The Morgan fingerprint density at radius 1 is 1.29 bits per heavy atom. The number of amides is 1.